The minimum absolute atomic E-state index is 0.0461. The normalized spacial score (nSPS) is 16.6. The molecule has 0 N–H and O–H groups in total. The van der Waals surface area contributed by atoms with Gasteiger partial charge in [0.1, 0.15) is 5.76 Å². The molecule has 180 valence electrons. The summed E-state index contributed by atoms with van der Waals surface area (Å²) in [6.07, 6.45) is 3.98. The summed E-state index contributed by atoms with van der Waals surface area (Å²) in [6, 6.07) is 13.5. The Bertz CT molecular complexity index is 1070. The molecule has 34 heavy (non-hydrogen) atoms. The molecular weight excluding hydrogens is 429 g/mol. The van der Waals surface area contributed by atoms with Crippen molar-refractivity contribution in [1.82, 2.24) is 4.90 Å². The lowest BCUT2D eigenvalue weighted by Gasteiger charge is -2.32. The van der Waals surface area contributed by atoms with Gasteiger partial charge in [-0.1, -0.05) is 36.4 Å². The van der Waals surface area contributed by atoms with Gasteiger partial charge in [-0.3, -0.25) is 14.5 Å². The maximum Gasteiger partial charge on any atom is 0.311 e. The van der Waals surface area contributed by atoms with Crippen molar-refractivity contribution in [2.24, 2.45) is 5.92 Å². The second kappa shape index (κ2) is 11.1. The van der Waals surface area contributed by atoms with Crippen LogP contribution in [0.4, 0.5) is 4.39 Å². The third-order valence-electron chi connectivity index (χ3n) is 7.15. The van der Waals surface area contributed by atoms with Crippen LogP contribution in [0.25, 0.3) is 5.76 Å². The van der Waals surface area contributed by atoms with E-state index in [2.05, 4.69) is 61.2 Å². The smallest absolute Gasteiger partial charge is 0.311 e. The largest absolute Gasteiger partial charge is 0.426 e. The molecule has 0 unspecified atom stereocenters. The van der Waals surface area contributed by atoms with E-state index >= 15 is 0 Å². The van der Waals surface area contributed by atoms with E-state index in [0.29, 0.717) is 11.7 Å². The van der Waals surface area contributed by atoms with Crippen LogP contribution in [0.15, 0.2) is 48.0 Å². The Kier molecular flexibility index (Phi) is 7.94. The highest BCUT2D eigenvalue weighted by Gasteiger charge is 2.29. The number of hydrogen-bond acceptors (Lipinski definition) is 4. The predicted octanol–water partition coefficient (Wildman–Crippen LogP) is 6.08. The van der Waals surface area contributed by atoms with Crippen LogP contribution in [-0.4, -0.2) is 30.0 Å². The van der Waals surface area contributed by atoms with Crippen LogP contribution >= 0.6 is 0 Å². The number of hydrogen-bond donors (Lipinski definition) is 0. The molecule has 0 amide bonds. The highest BCUT2D eigenvalue weighted by molar-refractivity contribution is 5.83. The van der Waals surface area contributed by atoms with E-state index in [1.807, 2.05) is 0 Å². The Morgan fingerprint density at radius 1 is 1.03 bits per heavy atom. The minimum atomic E-state index is -1.39. The van der Waals surface area contributed by atoms with Crippen LogP contribution in [0, 0.1) is 19.8 Å². The quantitative estimate of drug-likeness (QED) is 0.334. The Balaban J connectivity index is 1.42. The SMILES string of the molecule is Cc1cc2c(cc1C)C(OC(=O)CCCC(=O)F)=C(CC1CCN(Cc3ccccc3)CC1)C2. The Morgan fingerprint density at radius 2 is 1.74 bits per heavy atom. The number of carbonyl (C=O) groups is 2. The zero-order valence-electron chi connectivity index (χ0n) is 20.2. The van der Waals surface area contributed by atoms with E-state index in [0.717, 1.165) is 50.9 Å². The topological polar surface area (TPSA) is 46.6 Å². The van der Waals surface area contributed by atoms with E-state index in [4.69, 9.17) is 4.74 Å². The number of likely N-dealkylation sites (tertiary alicyclic amines) is 1. The Morgan fingerprint density at radius 3 is 2.44 bits per heavy atom. The van der Waals surface area contributed by atoms with Crippen LogP contribution < -0.4 is 0 Å². The molecule has 1 saturated heterocycles. The van der Waals surface area contributed by atoms with Crippen molar-refractivity contribution in [2.45, 2.75) is 65.3 Å². The molecule has 1 aliphatic carbocycles. The zero-order chi connectivity index (χ0) is 24.1. The molecule has 4 nitrogen and oxygen atoms in total. The third-order valence-corrected chi connectivity index (χ3v) is 7.15. The maximum absolute atomic E-state index is 12.5. The minimum Gasteiger partial charge on any atom is -0.426 e. The van der Waals surface area contributed by atoms with Crippen LogP contribution in [0.2, 0.25) is 0 Å². The number of nitrogens with zero attached hydrogens (tertiary/aromatic N) is 1. The van der Waals surface area contributed by atoms with E-state index < -0.39 is 12.0 Å². The number of ether oxygens (including phenoxy) is 1. The van der Waals surface area contributed by atoms with Gasteiger partial charge < -0.3 is 4.74 Å². The van der Waals surface area contributed by atoms with Crippen molar-refractivity contribution >= 4 is 17.8 Å². The Labute approximate surface area is 201 Å². The fourth-order valence-corrected chi connectivity index (χ4v) is 5.10. The van der Waals surface area contributed by atoms with E-state index in [9.17, 15) is 14.0 Å². The van der Waals surface area contributed by atoms with Gasteiger partial charge in [-0.2, -0.15) is 4.39 Å². The molecule has 1 aliphatic heterocycles. The summed E-state index contributed by atoms with van der Waals surface area (Å²) >= 11 is 0. The molecule has 1 fully saturated rings. The van der Waals surface area contributed by atoms with Gasteiger partial charge in [-0.25, -0.2) is 0 Å². The van der Waals surface area contributed by atoms with Crippen molar-refractivity contribution in [2.75, 3.05) is 13.1 Å². The summed E-state index contributed by atoms with van der Waals surface area (Å²) < 4.78 is 18.4. The Hall–Kier alpha value is -2.79. The first-order valence-corrected chi connectivity index (χ1v) is 12.4. The van der Waals surface area contributed by atoms with Gasteiger partial charge in [0.05, 0.1) is 0 Å². The molecule has 2 aromatic carbocycles. The number of rotatable bonds is 9. The first kappa shape index (κ1) is 24.3. The predicted molar refractivity (Wildman–Crippen MR) is 132 cm³/mol. The van der Waals surface area contributed by atoms with Crippen LogP contribution in [0.1, 0.15) is 66.3 Å². The number of carbonyl (C=O) groups excluding carboxylic acids is 2. The summed E-state index contributed by atoms with van der Waals surface area (Å²) in [7, 11) is 0. The number of piperidine rings is 1. The third kappa shape index (κ3) is 6.20. The van der Waals surface area contributed by atoms with Gasteiger partial charge in [0.25, 0.3) is 0 Å². The van der Waals surface area contributed by atoms with Gasteiger partial charge in [0.15, 0.2) is 0 Å². The summed E-state index contributed by atoms with van der Waals surface area (Å²) in [6.45, 7) is 7.32. The standard InChI is InChI=1S/C29H34FNO3/c1-20-15-24-18-25(17-22-11-13-31(14-12-22)19-23-7-4-3-5-8-23)29(26(24)16-21(20)2)34-28(33)10-6-9-27(30)32/h3-5,7-8,15-16,22H,6,9-14,17-19H2,1-2H3. The molecule has 0 atom stereocenters. The molecule has 2 aliphatic rings. The molecule has 0 spiro atoms. The highest BCUT2D eigenvalue weighted by Crippen LogP contribution is 2.40. The zero-order valence-corrected chi connectivity index (χ0v) is 20.2. The second-order valence-corrected chi connectivity index (χ2v) is 9.80. The monoisotopic (exact) mass is 463 g/mol. The van der Waals surface area contributed by atoms with Crippen LogP contribution in [0.3, 0.4) is 0 Å². The second-order valence-electron chi connectivity index (χ2n) is 9.80. The summed E-state index contributed by atoms with van der Waals surface area (Å²) in [5, 5.41) is 0. The van der Waals surface area contributed by atoms with Gasteiger partial charge in [-0.05, 0) is 98.9 Å². The fourth-order valence-electron chi connectivity index (χ4n) is 5.10. The van der Waals surface area contributed by atoms with E-state index in [-0.39, 0.29) is 19.3 Å². The van der Waals surface area contributed by atoms with E-state index in [1.54, 1.807) is 0 Å². The van der Waals surface area contributed by atoms with E-state index in [1.165, 1.54) is 27.8 Å². The molecule has 5 heteroatoms. The molecular formula is C29H34FNO3. The number of aryl methyl sites for hydroxylation is 2. The number of allylic oxidation sites excluding steroid dienone is 1. The lowest BCUT2D eigenvalue weighted by atomic mass is 9.89. The molecule has 0 aromatic heterocycles. The number of benzene rings is 2. The summed E-state index contributed by atoms with van der Waals surface area (Å²) in [5.74, 6) is 0.871. The van der Waals surface area contributed by atoms with Crippen molar-refractivity contribution in [3.05, 3.63) is 75.9 Å². The number of esters is 1. The van der Waals surface area contributed by atoms with Gasteiger partial charge in [0, 0.05) is 24.9 Å². The lowest BCUT2D eigenvalue weighted by molar-refractivity contribution is -0.137. The van der Waals surface area contributed by atoms with Crippen molar-refractivity contribution in [3.8, 4) is 0 Å². The van der Waals surface area contributed by atoms with Crippen molar-refractivity contribution in [1.29, 1.82) is 0 Å². The number of fused-ring (bicyclic) bond motifs is 1. The lowest BCUT2D eigenvalue weighted by Crippen LogP contribution is -2.33. The first-order valence-electron chi connectivity index (χ1n) is 12.4. The summed E-state index contributed by atoms with van der Waals surface area (Å²) in [4.78, 5) is 25.6. The molecule has 2 aromatic rings. The molecule has 0 saturated carbocycles. The van der Waals surface area contributed by atoms with Crippen molar-refractivity contribution in [3.63, 3.8) is 0 Å². The maximum atomic E-state index is 12.5. The van der Waals surface area contributed by atoms with Gasteiger partial charge >= 0.3 is 12.0 Å². The number of halogens is 1. The summed E-state index contributed by atoms with van der Waals surface area (Å²) in [5.41, 5.74) is 7.17. The molecule has 4 rings (SSSR count). The van der Waals surface area contributed by atoms with Crippen molar-refractivity contribution < 1.29 is 18.7 Å². The van der Waals surface area contributed by atoms with Gasteiger partial charge in [0.2, 0.25) is 0 Å². The van der Waals surface area contributed by atoms with Crippen LogP contribution in [-0.2, 0) is 27.3 Å². The fraction of sp³-hybridized carbons (Fsp3) is 0.448. The average molecular weight is 464 g/mol. The molecule has 0 radical (unpaired) electrons. The highest BCUT2D eigenvalue weighted by atomic mass is 19.1. The molecule has 1 heterocycles. The van der Waals surface area contributed by atoms with Crippen LogP contribution in [0.5, 0.6) is 0 Å². The first-order chi connectivity index (χ1) is 16.4. The molecule has 0 bridgehead atoms. The van der Waals surface area contributed by atoms with Gasteiger partial charge in [-0.15, -0.1) is 0 Å². The average Bonchev–Trinajstić information content (AvgIpc) is 3.11.